The number of hydrogen-bond acceptors (Lipinski definition) is 5. The van der Waals surface area contributed by atoms with Crippen molar-refractivity contribution in [2.75, 3.05) is 18.6 Å². The van der Waals surface area contributed by atoms with Gasteiger partial charge in [-0.25, -0.2) is 24.2 Å². The van der Waals surface area contributed by atoms with Crippen molar-refractivity contribution in [1.29, 1.82) is 0 Å². The minimum Gasteiger partial charge on any atom is -0.496 e. The van der Waals surface area contributed by atoms with Gasteiger partial charge in [0.1, 0.15) is 11.6 Å². The summed E-state index contributed by atoms with van der Waals surface area (Å²) in [4.78, 5) is 32.1. The predicted octanol–water partition coefficient (Wildman–Crippen LogP) is 4.71. The largest absolute Gasteiger partial charge is 0.496 e. The second-order valence-electron chi connectivity index (χ2n) is 8.18. The highest BCUT2D eigenvalue weighted by molar-refractivity contribution is 5.89. The number of benzene rings is 3. The van der Waals surface area contributed by atoms with Crippen LogP contribution in [0.3, 0.4) is 0 Å². The molecule has 182 valence electrons. The van der Waals surface area contributed by atoms with Crippen LogP contribution in [-0.4, -0.2) is 45.0 Å². The number of fused-ring (bicyclic) bond motifs is 2. The number of H-pyrrole nitrogens is 2. The van der Waals surface area contributed by atoms with Gasteiger partial charge in [-0.1, -0.05) is 24.3 Å². The van der Waals surface area contributed by atoms with Gasteiger partial charge in [-0.2, -0.15) is 5.10 Å². The van der Waals surface area contributed by atoms with Crippen molar-refractivity contribution < 1.29 is 19.0 Å². The SMILES string of the molecule is CCN(C(=O)O)c1nc2ccc(-c3cc(Cc4n[nH]c(=O)c5ccccc45)c(OC)cc3F)cc2[nH]1. The Morgan fingerprint density at radius 3 is 2.64 bits per heavy atom. The van der Waals surface area contributed by atoms with Crippen molar-refractivity contribution in [3.63, 3.8) is 0 Å². The lowest BCUT2D eigenvalue weighted by molar-refractivity contribution is 0.202. The normalized spacial score (nSPS) is 11.2. The van der Waals surface area contributed by atoms with E-state index >= 15 is 4.39 Å². The number of carbonyl (C=O) groups is 1. The highest BCUT2D eigenvalue weighted by atomic mass is 19.1. The summed E-state index contributed by atoms with van der Waals surface area (Å²) in [5, 5.41) is 17.4. The highest BCUT2D eigenvalue weighted by Crippen LogP contribution is 2.33. The first-order valence-electron chi connectivity index (χ1n) is 11.2. The summed E-state index contributed by atoms with van der Waals surface area (Å²) < 4.78 is 20.6. The molecule has 0 fully saturated rings. The molecule has 0 aliphatic carbocycles. The number of nitrogens with zero attached hydrogens (tertiary/aromatic N) is 3. The second kappa shape index (κ2) is 9.14. The fourth-order valence-corrected chi connectivity index (χ4v) is 4.30. The van der Waals surface area contributed by atoms with Crippen molar-refractivity contribution in [3.8, 4) is 16.9 Å². The molecule has 3 aromatic carbocycles. The molecule has 0 saturated heterocycles. The molecule has 2 heterocycles. The van der Waals surface area contributed by atoms with Crippen molar-refractivity contribution in [3.05, 3.63) is 82.0 Å². The molecule has 1 amide bonds. The van der Waals surface area contributed by atoms with Gasteiger partial charge in [0, 0.05) is 35.5 Å². The van der Waals surface area contributed by atoms with Crippen molar-refractivity contribution >= 4 is 33.8 Å². The minimum atomic E-state index is -1.12. The Bertz CT molecular complexity index is 1680. The molecule has 0 bridgehead atoms. The highest BCUT2D eigenvalue weighted by Gasteiger charge is 2.18. The van der Waals surface area contributed by atoms with Gasteiger partial charge >= 0.3 is 6.09 Å². The van der Waals surface area contributed by atoms with Crippen LogP contribution >= 0.6 is 0 Å². The summed E-state index contributed by atoms with van der Waals surface area (Å²) in [5.41, 5.74) is 3.09. The van der Waals surface area contributed by atoms with E-state index in [1.54, 1.807) is 43.3 Å². The molecule has 0 unspecified atom stereocenters. The van der Waals surface area contributed by atoms with Gasteiger partial charge in [0.2, 0.25) is 5.95 Å². The maximum atomic E-state index is 15.2. The van der Waals surface area contributed by atoms with E-state index in [-0.39, 0.29) is 18.1 Å². The van der Waals surface area contributed by atoms with Gasteiger partial charge in [-0.15, -0.1) is 0 Å². The molecule has 0 radical (unpaired) electrons. The number of amides is 1. The van der Waals surface area contributed by atoms with Crippen LogP contribution in [0.4, 0.5) is 15.1 Å². The minimum absolute atomic E-state index is 0.198. The van der Waals surface area contributed by atoms with E-state index in [2.05, 4.69) is 20.2 Å². The van der Waals surface area contributed by atoms with Crippen molar-refractivity contribution in [2.24, 2.45) is 0 Å². The van der Waals surface area contributed by atoms with Crippen LogP contribution in [0.15, 0.2) is 59.4 Å². The molecule has 0 aliphatic heterocycles. The second-order valence-corrected chi connectivity index (χ2v) is 8.18. The van der Waals surface area contributed by atoms with E-state index < -0.39 is 11.9 Å². The third kappa shape index (κ3) is 4.02. The summed E-state index contributed by atoms with van der Waals surface area (Å²) >= 11 is 0. The van der Waals surface area contributed by atoms with Gasteiger partial charge in [0.05, 0.1) is 29.2 Å². The first-order valence-corrected chi connectivity index (χ1v) is 11.2. The molecule has 5 aromatic rings. The standard InChI is InChI=1S/C26H22FN5O4/c1-3-32(26(34)35)25-28-20-9-8-14(11-22(20)29-25)18-10-15(23(36-2)13-19(18)27)12-21-16-6-4-5-7-17(16)24(33)31-30-21/h4-11,13H,3,12H2,1-2H3,(H,28,29)(H,31,33)(H,34,35). The van der Waals surface area contributed by atoms with E-state index in [0.717, 1.165) is 4.90 Å². The van der Waals surface area contributed by atoms with Crippen LogP contribution in [0.1, 0.15) is 18.2 Å². The molecule has 0 spiro atoms. The Labute approximate surface area is 204 Å². The van der Waals surface area contributed by atoms with Gasteiger partial charge in [0.15, 0.2) is 0 Å². The number of anilines is 1. The average Bonchev–Trinajstić information content (AvgIpc) is 3.29. The number of rotatable bonds is 6. The lowest BCUT2D eigenvalue weighted by atomic mass is 9.97. The number of hydrogen-bond donors (Lipinski definition) is 3. The van der Waals surface area contributed by atoms with Crippen LogP contribution in [0, 0.1) is 5.82 Å². The van der Waals surface area contributed by atoms with Crippen LogP contribution in [-0.2, 0) is 6.42 Å². The number of carboxylic acid groups (broad SMARTS) is 1. The maximum absolute atomic E-state index is 15.2. The number of halogens is 1. The van der Waals surface area contributed by atoms with Gasteiger partial charge in [0.25, 0.3) is 5.56 Å². The average molecular weight is 487 g/mol. The number of imidazole rings is 1. The van der Waals surface area contributed by atoms with E-state index in [1.165, 1.54) is 13.2 Å². The molecule has 9 nitrogen and oxygen atoms in total. The summed E-state index contributed by atoms with van der Waals surface area (Å²) in [7, 11) is 1.47. The molecule has 2 aromatic heterocycles. The number of ether oxygens (including phenoxy) is 1. The molecular formula is C26H22FN5O4. The molecule has 3 N–H and O–H groups in total. The number of methoxy groups -OCH3 is 1. The summed E-state index contributed by atoms with van der Waals surface area (Å²) in [6.45, 7) is 1.94. The Kier molecular flexibility index (Phi) is 5.85. The Morgan fingerprint density at radius 2 is 1.92 bits per heavy atom. The van der Waals surface area contributed by atoms with Crippen LogP contribution in [0.2, 0.25) is 0 Å². The number of aromatic amines is 2. The topological polar surface area (TPSA) is 124 Å². The first kappa shape index (κ1) is 23.0. The molecule has 5 rings (SSSR count). The molecule has 0 atom stereocenters. The molecule has 10 heteroatoms. The van der Waals surface area contributed by atoms with Crippen LogP contribution in [0.25, 0.3) is 32.9 Å². The third-order valence-corrected chi connectivity index (χ3v) is 6.09. The molecule has 36 heavy (non-hydrogen) atoms. The Hall–Kier alpha value is -4.73. The molecular weight excluding hydrogens is 465 g/mol. The summed E-state index contributed by atoms with van der Waals surface area (Å²) in [6, 6.07) is 15.4. The van der Waals surface area contributed by atoms with E-state index in [4.69, 9.17) is 4.74 Å². The lowest BCUT2D eigenvalue weighted by Gasteiger charge is -2.13. The quantitative estimate of drug-likeness (QED) is 0.319. The number of nitrogens with one attached hydrogen (secondary N) is 2. The smallest absolute Gasteiger partial charge is 0.414 e. The van der Waals surface area contributed by atoms with Crippen molar-refractivity contribution in [2.45, 2.75) is 13.3 Å². The van der Waals surface area contributed by atoms with Crippen molar-refractivity contribution in [1.82, 2.24) is 20.2 Å². The van der Waals surface area contributed by atoms with Gasteiger partial charge in [-0.3, -0.25) is 4.79 Å². The monoisotopic (exact) mass is 487 g/mol. The number of aromatic nitrogens is 4. The van der Waals surface area contributed by atoms with Crippen LogP contribution in [0.5, 0.6) is 5.75 Å². The van der Waals surface area contributed by atoms with Gasteiger partial charge in [-0.05, 0) is 36.8 Å². The predicted molar refractivity (Wildman–Crippen MR) is 134 cm³/mol. The lowest BCUT2D eigenvalue weighted by Crippen LogP contribution is -2.29. The zero-order chi connectivity index (χ0) is 25.4. The van der Waals surface area contributed by atoms with E-state index in [9.17, 15) is 14.7 Å². The zero-order valence-corrected chi connectivity index (χ0v) is 19.5. The summed E-state index contributed by atoms with van der Waals surface area (Å²) in [5.74, 6) is 0.0806. The zero-order valence-electron chi connectivity index (χ0n) is 19.5. The van der Waals surface area contributed by atoms with E-state index in [1.807, 2.05) is 12.1 Å². The molecule has 0 aliphatic rings. The first-order chi connectivity index (χ1) is 17.4. The summed E-state index contributed by atoms with van der Waals surface area (Å²) in [6.07, 6.45) is -0.820. The molecule has 0 saturated carbocycles. The van der Waals surface area contributed by atoms with Gasteiger partial charge < -0.3 is 14.8 Å². The maximum Gasteiger partial charge on any atom is 0.414 e. The fraction of sp³-hybridized carbons (Fsp3) is 0.154. The van der Waals surface area contributed by atoms with E-state index in [0.29, 0.717) is 56.4 Å². The third-order valence-electron chi connectivity index (χ3n) is 6.09. The Morgan fingerprint density at radius 1 is 1.14 bits per heavy atom. The Balaban J connectivity index is 1.58. The van der Waals surface area contributed by atoms with Crippen LogP contribution < -0.4 is 15.2 Å². The fourth-order valence-electron chi connectivity index (χ4n) is 4.30.